The van der Waals surface area contributed by atoms with Crippen LogP contribution in [0.25, 0.3) is 11.3 Å². The maximum atomic E-state index is 12.6. The number of nitrogens with zero attached hydrogens (tertiary/aromatic N) is 4. The molecule has 2 aromatic heterocycles. The lowest BCUT2D eigenvalue weighted by molar-refractivity contribution is -0.113. The van der Waals surface area contributed by atoms with Gasteiger partial charge in [-0.25, -0.2) is 4.98 Å². The number of carbonyl (C=O) groups excluding carboxylic acids is 1. The van der Waals surface area contributed by atoms with Crippen molar-refractivity contribution in [1.82, 2.24) is 19.7 Å². The lowest BCUT2D eigenvalue weighted by Gasteiger charge is -2.19. The van der Waals surface area contributed by atoms with Crippen LogP contribution < -0.4 is 10.1 Å². The molecule has 192 valence electrons. The Morgan fingerprint density at radius 2 is 1.89 bits per heavy atom. The van der Waals surface area contributed by atoms with Crippen LogP contribution in [0.15, 0.2) is 71.7 Å². The highest BCUT2D eigenvalue weighted by Crippen LogP contribution is 2.27. The van der Waals surface area contributed by atoms with E-state index in [0.29, 0.717) is 27.7 Å². The Kier molecular flexibility index (Phi) is 8.68. The van der Waals surface area contributed by atoms with E-state index in [1.54, 1.807) is 6.08 Å². The molecular weight excluding hydrogens is 526 g/mol. The number of thioether (sulfide) groups is 1. The normalized spacial score (nSPS) is 11.4. The molecule has 0 bridgehead atoms. The lowest BCUT2D eigenvalue weighted by atomic mass is 9.87. The summed E-state index contributed by atoms with van der Waals surface area (Å²) in [5.41, 5.74) is 3.05. The largest absolute Gasteiger partial charge is 0.486 e. The summed E-state index contributed by atoms with van der Waals surface area (Å²) < 4.78 is 7.85. The van der Waals surface area contributed by atoms with Gasteiger partial charge in [-0.3, -0.25) is 9.36 Å². The van der Waals surface area contributed by atoms with Gasteiger partial charge in [0.25, 0.3) is 0 Å². The first-order valence-corrected chi connectivity index (χ1v) is 13.9. The summed E-state index contributed by atoms with van der Waals surface area (Å²) in [5.74, 6) is 1.42. The van der Waals surface area contributed by atoms with Crippen molar-refractivity contribution in [2.45, 2.75) is 44.5 Å². The third-order valence-corrected chi connectivity index (χ3v) is 7.39. The topological polar surface area (TPSA) is 81.9 Å². The lowest BCUT2D eigenvalue weighted by Crippen LogP contribution is -2.15. The van der Waals surface area contributed by atoms with Crippen molar-refractivity contribution in [2.24, 2.45) is 0 Å². The number of carbonyl (C=O) groups is 1. The highest BCUT2D eigenvalue weighted by molar-refractivity contribution is 7.99. The number of hydrogen-bond acceptors (Lipinski definition) is 7. The Hall–Kier alpha value is -3.14. The van der Waals surface area contributed by atoms with Crippen LogP contribution in [0.4, 0.5) is 5.13 Å². The number of thiazole rings is 1. The molecule has 2 heterocycles. The number of amides is 1. The number of benzene rings is 2. The fourth-order valence-corrected chi connectivity index (χ4v) is 5.04. The molecule has 4 aromatic rings. The monoisotopic (exact) mass is 553 g/mol. The van der Waals surface area contributed by atoms with Crippen LogP contribution in [0.1, 0.15) is 32.2 Å². The molecule has 0 fully saturated rings. The Bertz CT molecular complexity index is 1360. The van der Waals surface area contributed by atoms with Gasteiger partial charge >= 0.3 is 0 Å². The average Bonchev–Trinajstić information content (AvgIpc) is 3.49. The van der Waals surface area contributed by atoms with Crippen LogP contribution in [0, 0.1) is 0 Å². The molecule has 0 aliphatic carbocycles. The van der Waals surface area contributed by atoms with Crippen molar-refractivity contribution in [1.29, 1.82) is 0 Å². The summed E-state index contributed by atoms with van der Waals surface area (Å²) in [6, 6.07) is 15.5. The van der Waals surface area contributed by atoms with Crippen LogP contribution >= 0.6 is 34.7 Å². The number of ether oxygens (including phenoxy) is 1. The van der Waals surface area contributed by atoms with Crippen LogP contribution in [0.3, 0.4) is 0 Å². The molecule has 0 unspecified atom stereocenters. The van der Waals surface area contributed by atoms with Gasteiger partial charge in [0.15, 0.2) is 16.1 Å². The molecule has 4 rings (SSSR count). The number of halogens is 1. The number of aromatic nitrogens is 4. The second-order valence-electron chi connectivity index (χ2n) is 9.24. The Labute approximate surface area is 230 Å². The quantitative estimate of drug-likeness (QED) is 0.171. The van der Waals surface area contributed by atoms with E-state index in [2.05, 4.69) is 60.0 Å². The van der Waals surface area contributed by atoms with Crippen molar-refractivity contribution in [3.05, 3.63) is 83.0 Å². The third kappa shape index (κ3) is 7.21. The number of hydrogen-bond donors (Lipinski definition) is 1. The van der Waals surface area contributed by atoms with E-state index in [-0.39, 0.29) is 23.7 Å². The van der Waals surface area contributed by atoms with E-state index in [0.717, 1.165) is 17.0 Å². The molecule has 0 spiro atoms. The van der Waals surface area contributed by atoms with E-state index >= 15 is 0 Å². The van der Waals surface area contributed by atoms with Gasteiger partial charge in [0.2, 0.25) is 5.91 Å². The van der Waals surface area contributed by atoms with Crippen LogP contribution in [0.2, 0.25) is 5.02 Å². The molecule has 1 amide bonds. The number of rotatable bonds is 10. The zero-order valence-electron chi connectivity index (χ0n) is 20.9. The molecule has 37 heavy (non-hydrogen) atoms. The fourth-order valence-electron chi connectivity index (χ4n) is 3.41. The first kappa shape index (κ1) is 26.9. The standard InChI is InChI=1S/C27H28ClN5O2S2/c1-5-14-33-23(15-35-21-12-8-19(9-13-21)27(2,3)4)31-32-26(33)37-17-24(34)30-25-29-22(16-36-25)18-6-10-20(28)11-7-18/h5-13,16H,1,14-15,17H2,2-4H3,(H,29,30,34). The molecule has 7 nitrogen and oxygen atoms in total. The summed E-state index contributed by atoms with van der Waals surface area (Å²) in [6.07, 6.45) is 1.77. The highest BCUT2D eigenvalue weighted by Gasteiger charge is 2.16. The highest BCUT2D eigenvalue weighted by atomic mass is 35.5. The van der Waals surface area contributed by atoms with E-state index in [9.17, 15) is 4.79 Å². The number of allylic oxidation sites excluding steroid dienone is 1. The van der Waals surface area contributed by atoms with E-state index in [4.69, 9.17) is 16.3 Å². The van der Waals surface area contributed by atoms with Crippen LogP contribution in [-0.4, -0.2) is 31.4 Å². The van der Waals surface area contributed by atoms with Gasteiger partial charge in [-0.1, -0.05) is 74.5 Å². The van der Waals surface area contributed by atoms with Gasteiger partial charge in [-0.15, -0.1) is 28.1 Å². The van der Waals surface area contributed by atoms with Gasteiger partial charge in [-0.05, 0) is 35.2 Å². The molecule has 0 radical (unpaired) electrons. The van der Waals surface area contributed by atoms with Crippen LogP contribution in [0.5, 0.6) is 5.75 Å². The van der Waals surface area contributed by atoms with Gasteiger partial charge in [0.1, 0.15) is 12.4 Å². The van der Waals surface area contributed by atoms with E-state index in [1.165, 1.54) is 28.7 Å². The predicted octanol–water partition coefficient (Wildman–Crippen LogP) is 6.85. The number of nitrogens with one attached hydrogen (secondary N) is 1. The average molecular weight is 554 g/mol. The van der Waals surface area contributed by atoms with Gasteiger partial charge in [0, 0.05) is 22.5 Å². The minimum Gasteiger partial charge on any atom is -0.486 e. The molecular formula is C27H28ClN5O2S2. The van der Waals surface area contributed by atoms with E-state index in [1.807, 2.05) is 46.3 Å². The van der Waals surface area contributed by atoms with Crippen molar-refractivity contribution >= 4 is 45.7 Å². The van der Waals surface area contributed by atoms with Crippen molar-refractivity contribution in [2.75, 3.05) is 11.1 Å². The van der Waals surface area contributed by atoms with Gasteiger partial charge in [-0.2, -0.15) is 0 Å². The zero-order chi connectivity index (χ0) is 26.4. The molecule has 0 saturated carbocycles. The maximum absolute atomic E-state index is 12.6. The first-order chi connectivity index (χ1) is 17.7. The molecule has 0 aliphatic rings. The molecule has 0 aliphatic heterocycles. The summed E-state index contributed by atoms with van der Waals surface area (Å²) in [5, 5.41) is 15.1. The third-order valence-electron chi connectivity index (χ3n) is 5.42. The summed E-state index contributed by atoms with van der Waals surface area (Å²) in [6.45, 7) is 11.1. The molecule has 1 N–H and O–H groups in total. The predicted molar refractivity (Wildman–Crippen MR) is 152 cm³/mol. The zero-order valence-corrected chi connectivity index (χ0v) is 23.3. The Balaban J connectivity index is 1.34. The molecule has 0 saturated heterocycles. The summed E-state index contributed by atoms with van der Waals surface area (Å²) >= 11 is 8.63. The Morgan fingerprint density at radius 1 is 1.16 bits per heavy atom. The SMILES string of the molecule is C=CCn1c(COc2ccc(C(C)(C)C)cc2)nnc1SCC(=O)Nc1nc(-c2ccc(Cl)cc2)cs1. The molecule has 10 heteroatoms. The summed E-state index contributed by atoms with van der Waals surface area (Å²) in [7, 11) is 0. The minimum absolute atomic E-state index is 0.0830. The fraction of sp³-hybridized carbons (Fsp3) is 0.259. The second-order valence-corrected chi connectivity index (χ2v) is 11.5. The first-order valence-electron chi connectivity index (χ1n) is 11.6. The van der Waals surface area contributed by atoms with Gasteiger partial charge in [0.05, 0.1) is 11.4 Å². The van der Waals surface area contributed by atoms with Crippen molar-refractivity contribution in [3.8, 4) is 17.0 Å². The second kappa shape index (κ2) is 11.9. The molecule has 0 atom stereocenters. The summed E-state index contributed by atoms with van der Waals surface area (Å²) in [4.78, 5) is 17.1. The Morgan fingerprint density at radius 3 is 2.57 bits per heavy atom. The minimum atomic E-state index is -0.174. The van der Waals surface area contributed by atoms with E-state index < -0.39 is 0 Å². The van der Waals surface area contributed by atoms with Crippen molar-refractivity contribution < 1.29 is 9.53 Å². The van der Waals surface area contributed by atoms with Crippen molar-refractivity contribution in [3.63, 3.8) is 0 Å². The van der Waals surface area contributed by atoms with Gasteiger partial charge < -0.3 is 10.1 Å². The number of anilines is 1. The maximum Gasteiger partial charge on any atom is 0.236 e. The van der Waals surface area contributed by atoms with Crippen LogP contribution in [-0.2, 0) is 23.4 Å². The molecule has 2 aromatic carbocycles. The smallest absolute Gasteiger partial charge is 0.236 e.